The van der Waals surface area contributed by atoms with Crippen LogP contribution in [0.5, 0.6) is 0 Å². The van der Waals surface area contributed by atoms with Crippen LogP contribution < -0.4 is 0 Å². The van der Waals surface area contributed by atoms with Gasteiger partial charge in [0.15, 0.2) is 0 Å². The summed E-state index contributed by atoms with van der Waals surface area (Å²) in [5, 5.41) is 13.1. The van der Waals surface area contributed by atoms with Gasteiger partial charge in [0.2, 0.25) is 0 Å². The summed E-state index contributed by atoms with van der Waals surface area (Å²) in [7, 11) is 0. The van der Waals surface area contributed by atoms with Crippen LogP contribution in [-0.2, 0) is 0 Å². The van der Waals surface area contributed by atoms with Crippen LogP contribution in [0.2, 0.25) is 0 Å². The van der Waals surface area contributed by atoms with Crippen LogP contribution in [0.15, 0.2) is 115 Å². The Hall–Kier alpha value is -4.88. The Balaban J connectivity index is 1.46. The summed E-state index contributed by atoms with van der Waals surface area (Å²) >= 11 is 0. The first-order valence-electron chi connectivity index (χ1n) is 15.6. The summed E-state index contributed by atoms with van der Waals surface area (Å²) in [6, 6.07) is 44.0. The van der Waals surface area contributed by atoms with Crippen LogP contribution in [0, 0.1) is 0 Å². The van der Waals surface area contributed by atoms with Gasteiger partial charge in [-0.25, -0.2) is 0 Å². The monoisotopic (exact) mass is 551 g/mol. The highest BCUT2D eigenvalue weighted by Gasteiger charge is 2.21. The highest BCUT2D eigenvalue weighted by Crippen LogP contribution is 2.44. The summed E-state index contributed by atoms with van der Waals surface area (Å²) in [5.74, 6) is 1.00. The fraction of sp³-hybridized carbons (Fsp3) is 0.143. The zero-order valence-corrected chi connectivity index (χ0v) is 25.1. The van der Waals surface area contributed by atoms with Crippen LogP contribution >= 0.6 is 0 Å². The van der Waals surface area contributed by atoms with Gasteiger partial charge in [-0.15, -0.1) is 0 Å². The molecule has 7 aromatic carbocycles. The van der Waals surface area contributed by atoms with Gasteiger partial charge in [0.25, 0.3) is 0 Å². The van der Waals surface area contributed by atoms with Gasteiger partial charge in [-0.1, -0.05) is 107 Å². The molecule has 43 heavy (non-hydrogen) atoms. The highest BCUT2D eigenvalue weighted by molar-refractivity contribution is 6.27. The maximum absolute atomic E-state index is 2.54. The van der Waals surface area contributed by atoms with E-state index in [0.29, 0.717) is 11.8 Å². The summed E-state index contributed by atoms with van der Waals surface area (Å²) in [6.45, 7) is 9.10. The summed E-state index contributed by atoms with van der Waals surface area (Å²) in [4.78, 5) is 0. The number of hydrogen-bond donors (Lipinski definition) is 0. The first-order valence-corrected chi connectivity index (χ1v) is 15.6. The molecule has 0 atom stereocenters. The first-order chi connectivity index (χ1) is 20.9. The molecule has 0 fully saturated rings. The minimum atomic E-state index is 0.501. The van der Waals surface area contributed by atoms with Gasteiger partial charge in [0.05, 0.1) is 16.6 Å². The molecule has 0 saturated carbocycles. The van der Waals surface area contributed by atoms with Crippen molar-refractivity contribution in [2.24, 2.45) is 0 Å². The molecule has 2 aromatic heterocycles. The Morgan fingerprint density at radius 1 is 0.419 bits per heavy atom. The van der Waals surface area contributed by atoms with E-state index in [1.807, 2.05) is 0 Å². The molecular formula is C42H33N. The molecule has 2 heterocycles. The van der Waals surface area contributed by atoms with Crippen molar-refractivity contribution in [3.05, 3.63) is 126 Å². The van der Waals surface area contributed by atoms with E-state index in [-0.39, 0.29) is 0 Å². The van der Waals surface area contributed by atoms with Crippen molar-refractivity contribution in [3.8, 4) is 11.1 Å². The topological polar surface area (TPSA) is 4.41 Å². The average molecular weight is 552 g/mol. The van der Waals surface area contributed by atoms with Gasteiger partial charge in [-0.2, -0.15) is 0 Å². The second-order valence-corrected chi connectivity index (χ2v) is 13.0. The zero-order valence-electron chi connectivity index (χ0n) is 25.1. The molecular weight excluding hydrogens is 518 g/mol. The molecule has 0 unspecified atom stereocenters. The summed E-state index contributed by atoms with van der Waals surface area (Å²) in [6.07, 6.45) is 0. The van der Waals surface area contributed by atoms with E-state index < -0.39 is 0 Å². The average Bonchev–Trinajstić information content (AvgIpc) is 3.51. The van der Waals surface area contributed by atoms with Crippen LogP contribution in [-0.4, -0.2) is 4.40 Å². The van der Waals surface area contributed by atoms with Crippen LogP contribution in [0.4, 0.5) is 0 Å². The lowest BCUT2D eigenvalue weighted by Gasteiger charge is -2.10. The van der Waals surface area contributed by atoms with E-state index in [9.17, 15) is 0 Å². The SMILES string of the molecule is CC(C)c1ccc2cc3c(cc2c1)c1cc(-c2cccc4ccccc24)cc2c4cc5cc(C(C)C)ccc5cc4n3c12. The van der Waals surface area contributed by atoms with Gasteiger partial charge in [0, 0.05) is 21.5 Å². The lowest BCUT2D eigenvalue weighted by atomic mass is 9.94. The van der Waals surface area contributed by atoms with Gasteiger partial charge >= 0.3 is 0 Å². The van der Waals surface area contributed by atoms with Gasteiger partial charge in [-0.05, 0) is 103 Å². The third kappa shape index (κ3) is 3.52. The molecule has 0 bridgehead atoms. The number of nitrogens with zero attached hydrogens (tertiary/aromatic N) is 1. The Kier molecular flexibility index (Phi) is 5.06. The summed E-state index contributed by atoms with van der Waals surface area (Å²) in [5.41, 5.74) is 9.23. The molecule has 9 aromatic rings. The molecule has 1 nitrogen and oxygen atoms in total. The molecule has 0 aliphatic carbocycles. The molecule has 206 valence electrons. The Labute approximate surface area is 251 Å². The van der Waals surface area contributed by atoms with E-state index in [1.165, 1.54) is 92.7 Å². The lowest BCUT2D eigenvalue weighted by Crippen LogP contribution is -1.88. The normalized spacial score (nSPS) is 12.6. The maximum Gasteiger partial charge on any atom is 0.0620 e. The van der Waals surface area contributed by atoms with Crippen LogP contribution in [0.25, 0.3) is 81.5 Å². The Bertz CT molecular complexity index is 2420. The maximum atomic E-state index is 2.54. The largest absolute Gasteiger partial charge is 0.308 e. The third-order valence-corrected chi connectivity index (χ3v) is 9.79. The molecule has 0 aliphatic rings. The van der Waals surface area contributed by atoms with Crippen LogP contribution in [0.1, 0.15) is 50.7 Å². The lowest BCUT2D eigenvalue weighted by molar-refractivity contribution is 0.869. The fourth-order valence-corrected chi connectivity index (χ4v) is 7.42. The quantitative estimate of drug-likeness (QED) is 0.206. The molecule has 0 aliphatic heterocycles. The van der Waals surface area contributed by atoms with E-state index in [2.05, 4.69) is 147 Å². The molecule has 0 amide bonds. The Morgan fingerprint density at radius 3 is 1.56 bits per heavy atom. The molecule has 0 N–H and O–H groups in total. The van der Waals surface area contributed by atoms with Crippen molar-refractivity contribution in [2.45, 2.75) is 39.5 Å². The second kappa shape index (κ2) is 8.82. The number of fused-ring (bicyclic) bond motifs is 9. The predicted octanol–water partition coefficient (Wildman–Crippen LogP) is 12.2. The van der Waals surface area contributed by atoms with Crippen molar-refractivity contribution >= 4 is 70.4 Å². The molecule has 0 radical (unpaired) electrons. The van der Waals surface area contributed by atoms with E-state index >= 15 is 0 Å². The highest BCUT2D eigenvalue weighted by atomic mass is 14.9. The number of benzene rings is 7. The van der Waals surface area contributed by atoms with Crippen LogP contribution in [0.3, 0.4) is 0 Å². The number of aromatic nitrogens is 1. The predicted molar refractivity (Wildman–Crippen MR) is 187 cm³/mol. The number of rotatable bonds is 3. The summed E-state index contributed by atoms with van der Waals surface area (Å²) < 4.78 is 2.54. The van der Waals surface area contributed by atoms with Crippen molar-refractivity contribution in [1.29, 1.82) is 0 Å². The van der Waals surface area contributed by atoms with Crippen molar-refractivity contribution in [1.82, 2.24) is 4.40 Å². The van der Waals surface area contributed by atoms with Gasteiger partial charge in [0.1, 0.15) is 0 Å². The Morgan fingerprint density at radius 2 is 0.977 bits per heavy atom. The van der Waals surface area contributed by atoms with E-state index in [1.54, 1.807) is 0 Å². The van der Waals surface area contributed by atoms with E-state index in [4.69, 9.17) is 0 Å². The zero-order chi connectivity index (χ0) is 29.0. The van der Waals surface area contributed by atoms with E-state index in [0.717, 1.165) is 0 Å². The minimum Gasteiger partial charge on any atom is -0.308 e. The molecule has 1 heteroatoms. The van der Waals surface area contributed by atoms with Crippen molar-refractivity contribution in [3.63, 3.8) is 0 Å². The second-order valence-electron chi connectivity index (χ2n) is 13.0. The fourth-order valence-electron chi connectivity index (χ4n) is 7.42. The number of hydrogen-bond acceptors (Lipinski definition) is 0. The van der Waals surface area contributed by atoms with Gasteiger partial charge in [-0.3, -0.25) is 0 Å². The van der Waals surface area contributed by atoms with Crippen molar-refractivity contribution < 1.29 is 0 Å². The third-order valence-electron chi connectivity index (χ3n) is 9.79. The molecule has 0 spiro atoms. The molecule has 0 saturated heterocycles. The van der Waals surface area contributed by atoms with Gasteiger partial charge < -0.3 is 4.40 Å². The standard InChI is InChI=1S/C42H33N/c1-24(2)27-12-14-29-22-40-36(18-31(29)16-27)38-20-33(35-11-7-9-26-8-5-6-10-34(26)35)21-39-37-19-32-17-28(25(3)4)13-15-30(32)23-41(37)43(40)42(38)39/h5-25H,1-4H3. The minimum absolute atomic E-state index is 0.501. The van der Waals surface area contributed by atoms with Crippen molar-refractivity contribution in [2.75, 3.05) is 0 Å². The smallest absolute Gasteiger partial charge is 0.0620 e. The first kappa shape index (κ1) is 24.7. The molecule has 9 rings (SSSR count).